The fraction of sp³-hybridized carbons (Fsp3) is 0.654. The summed E-state index contributed by atoms with van der Waals surface area (Å²) in [6.07, 6.45) is 1.87. The van der Waals surface area contributed by atoms with E-state index >= 15 is 0 Å². The second kappa shape index (κ2) is 12.1. The van der Waals surface area contributed by atoms with Crippen LogP contribution in [0.15, 0.2) is 24.3 Å². The van der Waals surface area contributed by atoms with E-state index in [2.05, 4.69) is 43.5 Å². The molecule has 0 atom stereocenters. The average molecular weight is 476 g/mol. The molecule has 0 unspecified atom stereocenters. The van der Waals surface area contributed by atoms with Crippen molar-refractivity contribution in [3.63, 3.8) is 0 Å². The molecular weight excluding hydrogens is 434 g/mol. The highest BCUT2D eigenvalue weighted by molar-refractivity contribution is 5.82. The summed E-state index contributed by atoms with van der Waals surface area (Å²) in [7, 11) is 0. The smallest absolute Gasteiger partial charge is 0.408 e. The number of ether oxygens (including phenoxy) is 2. The number of likely N-dealkylation sites (tertiary alicyclic amines) is 1. The zero-order chi connectivity index (χ0) is 25.4. The first-order valence-corrected chi connectivity index (χ1v) is 12.1. The SMILES string of the molecule is CC(C)(C)OC(=O)NCC(=O)NC1CCN(C(=O)CCCOc2ccc(C(C)(C)C)cc2)CC1. The summed E-state index contributed by atoms with van der Waals surface area (Å²) in [5.41, 5.74) is 0.760. The first kappa shape index (κ1) is 27.5. The fourth-order valence-electron chi connectivity index (χ4n) is 3.64. The molecule has 2 rings (SSSR count). The molecule has 0 saturated carbocycles. The third kappa shape index (κ3) is 10.0. The summed E-state index contributed by atoms with van der Waals surface area (Å²) >= 11 is 0. The van der Waals surface area contributed by atoms with Gasteiger partial charge in [0.1, 0.15) is 17.9 Å². The molecule has 1 heterocycles. The predicted molar refractivity (Wildman–Crippen MR) is 132 cm³/mol. The Hall–Kier alpha value is -2.77. The van der Waals surface area contributed by atoms with Crippen LogP contribution in [0.25, 0.3) is 0 Å². The van der Waals surface area contributed by atoms with Gasteiger partial charge in [-0.1, -0.05) is 32.9 Å². The number of hydrogen-bond donors (Lipinski definition) is 2. The fourth-order valence-corrected chi connectivity index (χ4v) is 3.64. The molecule has 0 aliphatic carbocycles. The molecule has 34 heavy (non-hydrogen) atoms. The molecule has 0 radical (unpaired) electrons. The summed E-state index contributed by atoms with van der Waals surface area (Å²) in [4.78, 5) is 38.1. The number of alkyl carbamates (subject to hydrolysis) is 1. The number of nitrogens with zero attached hydrogens (tertiary/aromatic N) is 1. The Balaban J connectivity index is 1.60. The molecule has 190 valence electrons. The van der Waals surface area contributed by atoms with Gasteiger partial charge in [0, 0.05) is 25.6 Å². The van der Waals surface area contributed by atoms with Crippen LogP contribution in [0.5, 0.6) is 5.75 Å². The lowest BCUT2D eigenvalue weighted by atomic mass is 9.87. The van der Waals surface area contributed by atoms with Crippen molar-refractivity contribution in [3.8, 4) is 5.75 Å². The molecule has 2 N–H and O–H groups in total. The van der Waals surface area contributed by atoms with Crippen LogP contribution in [0.2, 0.25) is 0 Å². The summed E-state index contributed by atoms with van der Waals surface area (Å²) < 4.78 is 10.9. The standard InChI is InChI=1S/C26H41N3O5/c1-25(2,3)19-9-11-21(12-10-19)33-17-7-8-23(31)29-15-13-20(14-16-29)28-22(30)18-27-24(32)34-26(4,5)6/h9-12,20H,7-8,13-18H2,1-6H3,(H,27,32)(H,28,30). The number of amides is 3. The lowest BCUT2D eigenvalue weighted by Gasteiger charge is -2.32. The highest BCUT2D eigenvalue weighted by Crippen LogP contribution is 2.24. The first-order valence-electron chi connectivity index (χ1n) is 12.1. The summed E-state index contributed by atoms with van der Waals surface area (Å²) in [6, 6.07) is 8.11. The Bertz CT molecular complexity index is 816. The molecule has 0 spiro atoms. The molecule has 8 heteroatoms. The molecular formula is C26H41N3O5. The second-order valence-electron chi connectivity index (χ2n) is 10.8. The van der Waals surface area contributed by atoms with Crippen LogP contribution < -0.4 is 15.4 Å². The van der Waals surface area contributed by atoms with Crippen LogP contribution in [0, 0.1) is 0 Å². The quantitative estimate of drug-likeness (QED) is 0.558. The molecule has 8 nitrogen and oxygen atoms in total. The normalized spacial score (nSPS) is 14.9. The topological polar surface area (TPSA) is 97.0 Å². The number of carbonyl (C=O) groups excluding carboxylic acids is 3. The van der Waals surface area contributed by atoms with Gasteiger partial charge in [0.05, 0.1) is 6.61 Å². The predicted octanol–water partition coefficient (Wildman–Crippen LogP) is 3.78. The Morgan fingerprint density at radius 2 is 1.62 bits per heavy atom. The minimum Gasteiger partial charge on any atom is -0.494 e. The molecule has 1 saturated heterocycles. The average Bonchev–Trinajstić information content (AvgIpc) is 2.74. The Labute approximate surface area is 203 Å². The Morgan fingerprint density at radius 3 is 2.18 bits per heavy atom. The van der Waals surface area contributed by atoms with Crippen molar-refractivity contribution in [1.29, 1.82) is 0 Å². The van der Waals surface area contributed by atoms with Gasteiger partial charge >= 0.3 is 6.09 Å². The lowest BCUT2D eigenvalue weighted by Crippen LogP contribution is -2.49. The van der Waals surface area contributed by atoms with Gasteiger partial charge < -0.3 is 25.0 Å². The van der Waals surface area contributed by atoms with E-state index < -0.39 is 11.7 Å². The number of rotatable bonds is 8. The van der Waals surface area contributed by atoms with Crippen molar-refractivity contribution in [2.45, 2.75) is 84.3 Å². The maximum Gasteiger partial charge on any atom is 0.408 e. The van der Waals surface area contributed by atoms with Crippen LogP contribution in [0.1, 0.15) is 72.8 Å². The zero-order valence-corrected chi connectivity index (χ0v) is 21.5. The first-order chi connectivity index (χ1) is 15.8. The summed E-state index contributed by atoms with van der Waals surface area (Å²) in [6.45, 7) is 13.4. The van der Waals surface area contributed by atoms with Crippen LogP contribution in [0.3, 0.4) is 0 Å². The van der Waals surface area contributed by atoms with E-state index in [1.807, 2.05) is 17.0 Å². The molecule has 1 aromatic rings. The Morgan fingerprint density at radius 1 is 1.00 bits per heavy atom. The largest absolute Gasteiger partial charge is 0.494 e. The summed E-state index contributed by atoms with van der Waals surface area (Å²) in [5.74, 6) is 0.671. The molecule has 1 fully saturated rings. The van der Waals surface area contributed by atoms with Crippen LogP contribution in [-0.2, 0) is 19.7 Å². The highest BCUT2D eigenvalue weighted by Gasteiger charge is 2.24. The molecule has 1 aliphatic heterocycles. The van der Waals surface area contributed by atoms with Gasteiger partial charge in [0.25, 0.3) is 0 Å². The van der Waals surface area contributed by atoms with E-state index in [0.717, 1.165) is 5.75 Å². The number of nitrogens with one attached hydrogen (secondary N) is 2. The lowest BCUT2D eigenvalue weighted by molar-refractivity contribution is -0.132. The van der Waals surface area contributed by atoms with Gasteiger partial charge in [-0.25, -0.2) is 4.79 Å². The molecule has 3 amide bonds. The Kier molecular flexibility index (Phi) is 9.77. The van der Waals surface area contributed by atoms with Crippen molar-refractivity contribution in [1.82, 2.24) is 15.5 Å². The van der Waals surface area contributed by atoms with Gasteiger partial charge in [-0.2, -0.15) is 0 Å². The van der Waals surface area contributed by atoms with E-state index in [1.165, 1.54) is 5.56 Å². The molecule has 0 bridgehead atoms. The minimum absolute atomic E-state index is 0.00334. The molecule has 1 aliphatic rings. The van der Waals surface area contributed by atoms with Crippen molar-refractivity contribution in [2.24, 2.45) is 0 Å². The van der Waals surface area contributed by atoms with Gasteiger partial charge in [-0.3, -0.25) is 9.59 Å². The van der Waals surface area contributed by atoms with Crippen molar-refractivity contribution < 1.29 is 23.9 Å². The van der Waals surface area contributed by atoms with Gasteiger partial charge in [-0.15, -0.1) is 0 Å². The van der Waals surface area contributed by atoms with E-state index in [1.54, 1.807) is 20.8 Å². The third-order valence-electron chi connectivity index (χ3n) is 5.53. The van der Waals surface area contributed by atoms with Crippen LogP contribution in [-0.4, -0.2) is 60.7 Å². The number of carbonyl (C=O) groups is 3. The van der Waals surface area contributed by atoms with Gasteiger partial charge in [0.15, 0.2) is 0 Å². The van der Waals surface area contributed by atoms with Gasteiger partial charge in [-0.05, 0) is 63.1 Å². The van der Waals surface area contributed by atoms with Crippen LogP contribution in [0.4, 0.5) is 4.79 Å². The zero-order valence-electron chi connectivity index (χ0n) is 21.5. The van der Waals surface area contributed by atoms with Crippen molar-refractivity contribution >= 4 is 17.9 Å². The third-order valence-corrected chi connectivity index (χ3v) is 5.53. The molecule has 0 aromatic heterocycles. The van der Waals surface area contributed by atoms with E-state index in [9.17, 15) is 14.4 Å². The maximum absolute atomic E-state index is 12.5. The van der Waals surface area contributed by atoms with Gasteiger partial charge in [0.2, 0.25) is 11.8 Å². The van der Waals surface area contributed by atoms with Crippen molar-refractivity contribution in [3.05, 3.63) is 29.8 Å². The van der Waals surface area contributed by atoms with E-state index in [0.29, 0.717) is 45.4 Å². The summed E-state index contributed by atoms with van der Waals surface area (Å²) in [5, 5.41) is 5.37. The number of hydrogen-bond acceptors (Lipinski definition) is 5. The van der Waals surface area contributed by atoms with E-state index in [-0.39, 0.29) is 29.8 Å². The van der Waals surface area contributed by atoms with Crippen LogP contribution >= 0.6 is 0 Å². The monoisotopic (exact) mass is 475 g/mol. The van der Waals surface area contributed by atoms with E-state index in [4.69, 9.17) is 9.47 Å². The second-order valence-corrected chi connectivity index (χ2v) is 10.8. The molecule has 1 aromatic carbocycles. The minimum atomic E-state index is -0.617. The number of piperidine rings is 1. The maximum atomic E-state index is 12.5. The highest BCUT2D eigenvalue weighted by atomic mass is 16.6. The van der Waals surface area contributed by atoms with Crippen molar-refractivity contribution in [2.75, 3.05) is 26.2 Å². The number of benzene rings is 1.